The summed E-state index contributed by atoms with van der Waals surface area (Å²) < 4.78 is 12.1. The number of hydrogen-bond donors (Lipinski definition) is 0. The van der Waals surface area contributed by atoms with E-state index in [4.69, 9.17) is 9.47 Å². The number of carbonyl (C=O) groups is 1. The minimum absolute atomic E-state index is 0.115. The molecule has 0 bridgehead atoms. The van der Waals surface area contributed by atoms with Gasteiger partial charge >= 0.3 is 0 Å². The highest BCUT2D eigenvalue weighted by Gasteiger charge is 2.13. The fourth-order valence-electron chi connectivity index (χ4n) is 1.80. The SMILES string of the molecule is COCOc1cc2c(ncn2C)c(C)c1C=O. The summed E-state index contributed by atoms with van der Waals surface area (Å²) in [7, 11) is 3.44. The molecule has 0 saturated carbocycles. The van der Waals surface area contributed by atoms with Gasteiger partial charge in [-0.15, -0.1) is 0 Å². The third-order valence-corrected chi connectivity index (χ3v) is 2.73. The van der Waals surface area contributed by atoms with E-state index in [0.29, 0.717) is 11.3 Å². The Bertz CT molecular complexity index is 560. The molecule has 0 saturated heterocycles. The third kappa shape index (κ3) is 1.89. The predicted molar refractivity (Wildman–Crippen MR) is 63.3 cm³/mol. The van der Waals surface area contributed by atoms with Crippen LogP contribution < -0.4 is 4.74 Å². The standard InChI is InChI=1S/C12H14N2O3/c1-8-9(5-15)11(17-7-16-3)4-10-12(8)13-6-14(10)2/h4-6H,7H2,1-3H3. The molecular weight excluding hydrogens is 220 g/mol. The van der Waals surface area contributed by atoms with Gasteiger partial charge in [0.1, 0.15) is 5.75 Å². The lowest BCUT2D eigenvalue weighted by molar-refractivity contribution is 0.0506. The van der Waals surface area contributed by atoms with Crippen LogP contribution in [0.2, 0.25) is 0 Å². The van der Waals surface area contributed by atoms with E-state index in [1.54, 1.807) is 12.4 Å². The maximum Gasteiger partial charge on any atom is 0.188 e. The van der Waals surface area contributed by atoms with Crippen molar-refractivity contribution in [2.24, 2.45) is 7.05 Å². The smallest absolute Gasteiger partial charge is 0.188 e. The molecule has 0 atom stereocenters. The molecule has 0 N–H and O–H groups in total. The summed E-state index contributed by atoms with van der Waals surface area (Å²) in [5, 5.41) is 0. The van der Waals surface area contributed by atoms with Gasteiger partial charge in [0.05, 0.1) is 22.9 Å². The molecule has 2 aromatic rings. The third-order valence-electron chi connectivity index (χ3n) is 2.73. The second kappa shape index (κ2) is 4.55. The van der Waals surface area contributed by atoms with Crippen LogP contribution in [0.1, 0.15) is 15.9 Å². The number of nitrogens with zero attached hydrogens (tertiary/aromatic N) is 2. The number of fused-ring (bicyclic) bond motifs is 1. The van der Waals surface area contributed by atoms with Crippen molar-refractivity contribution in [2.75, 3.05) is 13.9 Å². The largest absolute Gasteiger partial charge is 0.467 e. The number of ether oxygens (including phenoxy) is 2. The Hall–Kier alpha value is -1.88. The van der Waals surface area contributed by atoms with E-state index in [2.05, 4.69) is 4.98 Å². The van der Waals surface area contributed by atoms with Gasteiger partial charge in [-0.2, -0.15) is 0 Å². The van der Waals surface area contributed by atoms with Crippen LogP contribution in [0.15, 0.2) is 12.4 Å². The lowest BCUT2D eigenvalue weighted by atomic mass is 10.1. The first kappa shape index (κ1) is 11.6. The zero-order valence-corrected chi connectivity index (χ0v) is 10.1. The minimum atomic E-state index is 0.115. The van der Waals surface area contributed by atoms with Gasteiger partial charge in [-0.05, 0) is 12.5 Å². The second-order valence-electron chi connectivity index (χ2n) is 3.81. The Kier molecular flexibility index (Phi) is 3.10. The lowest BCUT2D eigenvalue weighted by Crippen LogP contribution is -2.03. The van der Waals surface area contributed by atoms with Crippen molar-refractivity contribution in [3.8, 4) is 5.75 Å². The Morgan fingerprint density at radius 3 is 2.94 bits per heavy atom. The quantitative estimate of drug-likeness (QED) is 0.596. The topological polar surface area (TPSA) is 53.4 Å². The van der Waals surface area contributed by atoms with E-state index >= 15 is 0 Å². The molecule has 1 heterocycles. The van der Waals surface area contributed by atoms with E-state index < -0.39 is 0 Å². The Morgan fingerprint density at radius 1 is 1.53 bits per heavy atom. The summed E-state index contributed by atoms with van der Waals surface area (Å²) in [6.07, 6.45) is 2.50. The Morgan fingerprint density at radius 2 is 2.29 bits per heavy atom. The molecule has 5 heteroatoms. The van der Waals surface area contributed by atoms with Gasteiger partial charge in [0.25, 0.3) is 0 Å². The number of aldehydes is 1. The monoisotopic (exact) mass is 234 g/mol. The van der Waals surface area contributed by atoms with Crippen LogP contribution in [0.5, 0.6) is 5.75 Å². The lowest BCUT2D eigenvalue weighted by Gasteiger charge is -2.10. The first-order chi connectivity index (χ1) is 8.19. The number of methoxy groups -OCH3 is 1. The average Bonchev–Trinajstić information content (AvgIpc) is 2.69. The van der Waals surface area contributed by atoms with Gasteiger partial charge in [0.15, 0.2) is 13.1 Å². The Balaban J connectivity index is 2.63. The van der Waals surface area contributed by atoms with E-state index in [0.717, 1.165) is 22.9 Å². The number of aromatic nitrogens is 2. The fourth-order valence-corrected chi connectivity index (χ4v) is 1.80. The molecule has 0 unspecified atom stereocenters. The minimum Gasteiger partial charge on any atom is -0.467 e. The summed E-state index contributed by atoms with van der Waals surface area (Å²) >= 11 is 0. The second-order valence-corrected chi connectivity index (χ2v) is 3.81. The molecular formula is C12H14N2O3. The molecule has 1 aromatic carbocycles. The first-order valence-electron chi connectivity index (χ1n) is 5.20. The highest BCUT2D eigenvalue weighted by molar-refractivity contribution is 5.92. The number of hydrogen-bond acceptors (Lipinski definition) is 4. The van der Waals surface area contributed by atoms with Crippen molar-refractivity contribution in [3.05, 3.63) is 23.5 Å². The van der Waals surface area contributed by atoms with E-state index in [1.807, 2.05) is 18.5 Å². The van der Waals surface area contributed by atoms with Crippen LogP contribution in [0.4, 0.5) is 0 Å². The van der Waals surface area contributed by atoms with Crippen LogP contribution in [0, 0.1) is 6.92 Å². The molecule has 0 fully saturated rings. The number of benzene rings is 1. The molecule has 1 aromatic heterocycles. The number of aryl methyl sites for hydroxylation is 2. The molecule has 2 rings (SSSR count). The first-order valence-corrected chi connectivity index (χ1v) is 5.20. The van der Waals surface area contributed by atoms with Gasteiger partial charge in [-0.25, -0.2) is 4.98 Å². The van der Waals surface area contributed by atoms with Crippen molar-refractivity contribution < 1.29 is 14.3 Å². The zero-order chi connectivity index (χ0) is 12.4. The van der Waals surface area contributed by atoms with Crippen molar-refractivity contribution in [1.82, 2.24) is 9.55 Å². The van der Waals surface area contributed by atoms with Crippen molar-refractivity contribution in [1.29, 1.82) is 0 Å². The summed E-state index contributed by atoms with van der Waals surface area (Å²) in [4.78, 5) is 15.4. The van der Waals surface area contributed by atoms with E-state index in [9.17, 15) is 4.79 Å². The molecule has 0 aliphatic carbocycles. The van der Waals surface area contributed by atoms with E-state index in [-0.39, 0.29) is 6.79 Å². The predicted octanol–water partition coefficient (Wildman–Crippen LogP) is 1.68. The van der Waals surface area contributed by atoms with Crippen LogP contribution in [-0.4, -0.2) is 29.7 Å². The van der Waals surface area contributed by atoms with Gasteiger partial charge in [-0.1, -0.05) is 0 Å². The molecule has 0 amide bonds. The number of carbonyl (C=O) groups excluding carboxylic acids is 1. The molecule has 0 aliphatic rings. The summed E-state index contributed by atoms with van der Waals surface area (Å²) in [5.74, 6) is 0.524. The molecule has 0 spiro atoms. The van der Waals surface area contributed by atoms with E-state index in [1.165, 1.54) is 7.11 Å². The Labute approximate surface area is 99.0 Å². The van der Waals surface area contributed by atoms with Gasteiger partial charge in [-0.3, -0.25) is 4.79 Å². The average molecular weight is 234 g/mol. The molecule has 90 valence electrons. The number of rotatable bonds is 4. The highest BCUT2D eigenvalue weighted by atomic mass is 16.7. The number of imidazole rings is 1. The van der Waals surface area contributed by atoms with Crippen molar-refractivity contribution in [3.63, 3.8) is 0 Å². The fraction of sp³-hybridized carbons (Fsp3) is 0.333. The molecule has 5 nitrogen and oxygen atoms in total. The van der Waals surface area contributed by atoms with Crippen LogP contribution in [-0.2, 0) is 11.8 Å². The summed E-state index contributed by atoms with van der Waals surface area (Å²) in [6.45, 7) is 1.97. The normalized spacial score (nSPS) is 10.8. The van der Waals surface area contributed by atoms with Crippen LogP contribution in [0.25, 0.3) is 11.0 Å². The van der Waals surface area contributed by atoms with Gasteiger partial charge < -0.3 is 14.0 Å². The van der Waals surface area contributed by atoms with Gasteiger partial charge in [0, 0.05) is 20.2 Å². The molecule has 0 radical (unpaired) electrons. The van der Waals surface area contributed by atoms with Crippen molar-refractivity contribution in [2.45, 2.75) is 6.92 Å². The van der Waals surface area contributed by atoms with Crippen LogP contribution in [0.3, 0.4) is 0 Å². The highest BCUT2D eigenvalue weighted by Crippen LogP contribution is 2.28. The molecule has 0 aliphatic heterocycles. The summed E-state index contributed by atoms with van der Waals surface area (Å²) in [6, 6.07) is 1.80. The maximum atomic E-state index is 11.1. The van der Waals surface area contributed by atoms with Crippen molar-refractivity contribution >= 4 is 17.3 Å². The summed E-state index contributed by atoms with van der Waals surface area (Å²) in [5.41, 5.74) is 3.09. The maximum absolute atomic E-state index is 11.1. The van der Waals surface area contributed by atoms with Crippen LogP contribution >= 0.6 is 0 Å². The molecule has 17 heavy (non-hydrogen) atoms. The van der Waals surface area contributed by atoms with Gasteiger partial charge in [0.2, 0.25) is 0 Å². The zero-order valence-electron chi connectivity index (χ0n) is 10.1.